The molecule has 1 unspecified atom stereocenters. The van der Waals surface area contributed by atoms with Crippen molar-refractivity contribution < 1.29 is 4.55 Å². The van der Waals surface area contributed by atoms with E-state index in [0.29, 0.717) is 16.1 Å². The molecule has 0 aliphatic carbocycles. The largest absolute Gasteiger partial charge is 0.591 e. The lowest BCUT2D eigenvalue weighted by molar-refractivity contribution is 0.562. The van der Waals surface area contributed by atoms with Crippen LogP contribution in [0.5, 0.6) is 0 Å². The number of benzene rings is 1. The molecule has 1 N–H and O–H groups in total. The Morgan fingerprint density at radius 3 is 2.70 bits per heavy atom. The first-order valence-electron chi connectivity index (χ1n) is 6.06. The lowest BCUT2D eigenvalue weighted by Gasteiger charge is -2.17. The number of halogens is 1. The van der Waals surface area contributed by atoms with E-state index in [1.165, 1.54) is 6.21 Å². The second kappa shape index (κ2) is 5.60. The molecule has 0 bridgehead atoms. The molecule has 1 atom stereocenters. The summed E-state index contributed by atoms with van der Waals surface area (Å²) in [6.45, 7) is 5.47. The van der Waals surface area contributed by atoms with E-state index in [1.807, 2.05) is 20.8 Å². The van der Waals surface area contributed by atoms with Crippen LogP contribution in [0.25, 0.3) is 10.9 Å². The molecule has 4 nitrogen and oxygen atoms in total. The molecule has 0 saturated heterocycles. The molecule has 20 heavy (non-hydrogen) atoms. The molecule has 2 aromatic rings. The van der Waals surface area contributed by atoms with Crippen LogP contribution < -0.4 is 5.56 Å². The van der Waals surface area contributed by atoms with Gasteiger partial charge in [0.2, 0.25) is 0 Å². The molecule has 0 aliphatic rings. The molecule has 0 saturated carbocycles. The first-order chi connectivity index (χ1) is 9.27. The quantitative estimate of drug-likeness (QED) is 0.684. The lowest BCUT2D eigenvalue weighted by atomic mass is 10.2. The Balaban J connectivity index is 2.42. The van der Waals surface area contributed by atoms with Gasteiger partial charge in [0.05, 0.1) is 11.8 Å². The number of H-pyrrole nitrogens is 1. The Hall–Kier alpha value is -1.30. The van der Waals surface area contributed by atoms with E-state index in [0.717, 1.165) is 5.39 Å². The van der Waals surface area contributed by atoms with Gasteiger partial charge in [0, 0.05) is 15.9 Å². The maximum atomic E-state index is 11.9. The summed E-state index contributed by atoms with van der Waals surface area (Å²) in [7, 11) is 0. The van der Waals surface area contributed by atoms with E-state index in [9.17, 15) is 9.35 Å². The number of hydrogen-bond acceptors (Lipinski definition) is 3. The van der Waals surface area contributed by atoms with Gasteiger partial charge in [-0.3, -0.25) is 4.79 Å². The monoisotopic (exact) mass is 310 g/mol. The topological polar surface area (TPSA) is 68.3 Å². The molecule has 0 aliphatic heterocycles. The lowest BCUT2D eigenvalue weighted by Crippen LogP contribution is -2.26. The van der Waals surface area contributed by atoms with Crippen molar-refractivity contribution in [3.8, 4) is 0 Å². The van der Waals surface area contributed by atoms with Gasteiger partial charge in [0.1, 0.15) is 16.1 Å². The van der Waals surface area contributed by atoms with E-state index < -0.39 is 16.1 Å². The minimum absolute atomic E-state index is 0.269. The van der Waals surface area contributed by atoms with Crippen LogP contribution in [-0.4, -0.2) is 20.5 Å². The predicted molar refractivity (Wildman–Crippen MR) is 85.1 cm³/mol. The maximum absolute atomic E-state index is 11.9. The smallest absolute Gasteiger partial charge is 0.257 e. The zero-order valence-corrected chi connectivity index (χ0v) is 13.0. The molecule has 2 rings (SSSR count). The van der Waals surface area contributed by atoms with Gasteiger partial charge in [0.15, 0.2) is 0 Å². The SMILES string of the molecule is CC(C)(C)[S+]([O-])N=Cc1cc2cc(Cl)ccc2[nH]c1=O. The number of nitrogens with zero attached hydrogens (tertiary/aromatic N) is 1. The molecule has 0 fully saturated rings. The van der Waals surface area contributed by atoms with Crippen molar-refractivity contribution in [2.24, 2.45) is 4.40 Å². The van der Waals surface area contributed by atoms with Crippen molar-refractivity contribution in [2.45, 2.75) is 25.5 Å². The molecule has 106 valence electrons. The summed E-state index contributed by atoms with van der Waals surface area (Å²) in [5, 5.41) is 1.39. The molecular formula is C14H15ClN2O2S. The first-order valence-corrected chi connectivity index (χ1v) is 7.54. The number of aromatic nitrogens is 1. The molecular weight excluding hydrogens is 296 g/mol. The fourth-order valence-electron chi connectivity index (χ4n) is 1.55. The van der Waals surface area contributed by atoms with Gasteiger partial charge in [-0.25, -0.2) is 0 Å². The second-order valence-electron chi connectivity index (χ2n) is 5.38. The summed E-state index contributed by atoms with van der Waals surface area (Å²) in [5.74, 6) is 0. The van der Waals surface area contributed by atoms with Crippen LogP contribution in [0.1, 0.15) is 26.3 Å². The van der Waals surface area contributed by atoms with E-state index in [2.05, 4.69) is 9.38 Å². The summed E-state index contributed by atoms with van der Waals surface area (Å²) in [6.07, 6.45) is 1.35. The first kappa shape index (κ1) is 15.1. The van der Waals surface area contributed by atoms with Crippen molar-refractivity contribution in [1.82, 2.24) is 4.98 Å². The molecule has 1 aromatic heterocycles. The Labute approximate surface area is 125 Å². The second-order valence-corrected chi connectivity index (χ2v) is 7.75. The van der Waals surface area contributed by atoms with Crippen LogP contribution in [-0.2, 0) is 11.4 Å². The Morgan fingerprint density at radius 1 is 1.35 bits per heavy atom. The molecule has 1 heterocycles. The predicted octanol–water partition coefficient (Wildman–Crippen LogP) is 3.06. The van der Waals surface area contributed by atoms with Gasteiger partial charge in [-0.2, -0.15) is 0 Å². The Bertz CT molecular complexity index is 719. The van der Waals surface area contributed by atoms with Crippen molar-refractivity contribution >= 4 is 40.1 Å². The summed E-state index contributed by atoms with van der Waals surface area (Å²) in [6, 6.07) is 6.89. The molecule has 0 radical (unpaired) electrons. The van der Waals surface area contributed by atoms with Gasteiger partial charge in [0.25, 0.3) is 5.56 Å². The fourth-order valence-corrected chi connectivity index (χ4v) is 2.26. The highest BCUT2D eigenvalue weighted by molar-refractivity contribution is 7.91. The summed E-state index contributed by atoms with van der Waals surface area (Å²) >= 11 is 4.53. The minimum Gasteiger partial charge on any atom is -0.591 e. The third-order valence-electron chi connectivity index (χ3n) is 2.65. The molecule has 0 spiro atoms. The summed E-state index contributed by atoms with van der Waals surface area (Å²) in [5.41, 5.74) is 0.792. The van der Waals surface area contributed by atoms with Gasteiger partial charge < -0.3 is 9.54 Å². The van der Waals surface area contributed by atoms with Gasteiger partial charge in [-0.05, 0) is 45.0 Å². The van der Waals surface area contributed by atoms with Crippen LogP contribution in [0.3, 0.4) is 0 Å². The maximum Gasteiger partial charge on any atom is 0.257 e. The number of hydrogen-bond donors (Lipinski definition) is 1. The van der Waals surface area contributed by atoms with Crippen LogP contribution >= 0.6 is 11.6 Å². The van der Waals surface area contributed by atoms with Crippen LogP contribution in [0.4, 0.5) is 0 Å². The van der Waals surface area contributed by atoms with E-state index in [1.54, 1.807) is 24.3 Å². The number of rotatable bonds is 2. The third-order valence-corrected chi connectivity index (χ3v) is 4.23. The number of pyridine rings is 1. The van der Waals surface area contributed by atoms with Crippen LogP contribution in [0.15, 0.2) is 33.5 Å². The normalized spacial score (nSPS) is 14.1. The van der Waals surface area contributed by atoms with E-state index >= 15 is 0 Å². The standard InChI is InChI=1S/C14H15ClN2O2S/c1-14(2,3)20(19)16-8-10-6-9-7-11(15)4-5-12(9)17-13(10)18/h4-8H,1-3H3,(H,17,18). The highest BCUT2D eigenvalue weighted by atomic mass is 35.5. The molecule has 6 heteroatoms. The highest BCUT2D eigenvalue weighted by Crippen LogP contribution is 2.18. The fraction of sp³-hybridized carbons (Fsp3) is 0.286. The van der Waals surface area contributed by atoms with Gasteiger partial charge in [-0.1, -0.05) is 16.0 Å². The van der Waals surface area contributed by atoms with Crippen LogP contribution in [0, 0.1) is 0 Å². The molecule has 0 amide bonds. The Kier molecular flexibility index (Phi) is 4.22. The van der Waals surface area contributed by atoms with Crippen molar-refractivity contribution in [1.29, 1.82) is 0 Å². The van der Waals surface area contributed by atoms with Gasteiger partial charge >= 0.3 is 0 Å². The van der Waals surface area contributed by atoms with E-state index in [4.69, 9.17) is 11.6 Å². The van der Waals surface area contributed by atoms with Crippen molar-refractivity contribution in [3.63, 3.8) is 0 Å². The third kappa shape index (κ3) is 3.42. The average molecular weight is 311 g/mol. The van der Waals surface area contributed by atoms with E-state index in [-0.39, 0.29) is 5.56 Å². The van der Waals surface area contributed by atoms with Crippen LogP contribution in [0.2, 0.25) is 5.02 Å². The average Bonchev–Trinajstić information content (AvgIpc) is 2.35. The highest BCUT2D eigenvalue weighted by Gasteiger charge is 2.25. The molecule has 1 aromatic carbocycles. The Morgan fingerprint density at radius 2 is 2.05 bits per heavy atom. The summed E-state index contributed by atoms with van der Waals surface area (Å²) < 4.78 is 15.3. The minimum atomic E-state index is -1.39. The zero-order chi connectivity index (χ0) is 14.9. The summed E-state index contributed by atoms with van der Waals surface area (Å²) in [4.78, 5) is 14.6. The van der Waals surface area contributed by atoms with Crippen molar-refractivity contribution in [2.75, 3.05) is 0 Å². The zero-order valence-electron chi connectivity index (χ0n) is 11.4. The number of fused-ring (bicyclic) bond motifs is 1. The number of nitrogens with one attached hydrogen (secondary N) is 1. The van der Waals surface area contributed by atoms with Gasteiger partial charge in [-0.15, -0.1) is 0 Å². The number of aromatic amines is 1. The van der Waals surface area contributed by atoms with Crippen molar-refractivity contribution in [3.05, 3.63) is 45.2 Å².